The molecule has 0 aliphatic carbocycles. The highest BCUT2D eigenvalue weighted by Crippen LogP contribution is 2.16. The summed E-state index contributed by atoms with van der Waals surface area (Å²) in [5, 5.41) is 3.60. The largest absolute Gasteiger partial charge is 0.354 e. The standard InChI is InChI=1S/C14H23N3/c1-11(2)8-13-10-17(7-6-15-13)14-9-12(3)4-5-16-14/h4-5,9,11,13,15H,6-8,10H2,1-3H3. The van der Waals surface area contributed by atoms with E-state index in [1.807, 2.05) is 6.20 Å². The smallest absolute Gasteiger partial charge is 0.128 e. The molecule has 3 nitrogen and oxygen atoms in total. The molecular weight excluding hydrogens is 210 g/mol. The summed E-state index contributed by atoms with van der Waals surface area (Å²) in [7, 11) is 0. The third kappa shape index (κ3) is 3.43. The average Bonchev–Trinajstić information content (AvgIpc) is 2.28. The molecule has 1 aromatic heterocycles. The normalized spacial score (nSPS) is 20.9. The van der Waals surface area contributed by atoms with E-state index in [2.05, 4.69) is 48.1 Å². The number of aromatic nitrogens is 1. The Morgan fingerprint density at radius 1 is 1.53 bits per heavy atom. The van der Waals surface area contributed by atoms with Crippen LogP contribution in [0, 0.1) is 12.8 Å². The van der Waals surface area contributed by atoms with Gasteiger partial charge in [-0.25, -0.2) is 4.98 Å². The van der Waals surface area contributed by atoms with Gasteiger partial charge in [0.25, 0.3) is 0 Å². The van der Waals surface area contributed by atoms with Gasteiger partial charge in [0.1, 0.15) is 5.82 Å². The Bertz CT molecular complexity index is 362. The second-order valence-electron chi connectivity index (χ2n) is 5.42. The van der Waals surface area contributed by atoms with Crippen LogP contribution in [0.2, 0.25) is 0 Å². The highest BCUT2D eigenvalue weighted by molar-refractivity contribution is 5.41. The van der Waals surface area contributed by atoms with E-state index in [9.17, 15) is 0 Å². The highest BCUT2D eigenvalue weighted by Gasteiger charge is 2.20. The summed E-state index contributed by atoms with van der Waals surface area (Å²) in [4.78, 5) is 6.87. The molecule has 0 bridgehead atoms. The molecule has 17 heavy (non-hydrogen) atoms. The minimum Gasteiger partial charge on any atom is -0.354 e. The van der Waals surface area contributed by atoms with Gasteiger partial charge in [0.2, 0.25) is 0 Å². The van der Waals surface area contributed by atoms with Crippen LogP contribution >= 0.6 is 0 Å². The number of rotatable bonds is 3. The molecule has 1 aliphatic rings. The van der Waals surface area contributed by atoms with E-state index in [-0.39, 0.29) is 0 Å². The lowest BCUT2D eigenvalue weighted by Gasteiger charge is -2.35. The molecule has 0 saturated carbocycles. The van der Waals surface area contributed by atoms with Crippen LogP contribution in [0.5, 0.6) is 0 Å². The van der Waals surface area contributed by atoms with Crippen molar-refractivity contribution in [3.8, 4) is 0 Å². The summed E-state index contributed by atoms with van der Waals surface area (Å²) < 4.78 is 0. The predicted molar refractivity (Wildman–Crippen MR) is 72.4 cm³/mol. The zero-order valence-corrected chi connectivity index (χ0v) is 11.1. The summed E-state index contributed by atoms with van der Waals surface area (Å²) in [5.41, 5.74) is 1.29. The van der Waals surface area contributed by atoms with Gasteiger partial charge in [-0.3, -0.25) is 0 Å². The van der Waals surface area contributed by atoms with E-state index < -0.39 is 0 Å². The van der Waals surface area contributed by atoms with Crippen LogP contribution in [0.1, 0.15) is 25.8 Å². The van der Waals surface area contributed by atoms with Crippen LogP contribution in [0.3, 0.4) is 0 Å². The Balaban J connectivity index is 2.02. The molecule has 1 N–H and O–H groups in total. The van der Waals surface area contributed by atoms with Crippen molar-refractivity contribution in [3.63, 3.8) is 0 Å². The van der Waals surface area contributed by atoms with Crippen molar-refractivity contribution < 1.29 is 0 Å². The number of piperazine rings is 1. The molecule has 94 valence electrons. The molecule has 1 saturated heterocycles. The summed E-state index contributed by atoms with van der Waals surface area (Å²) in [6.45, 7) is 9.89. The minimum absolute atomic E-state index is 0.603. The third-order valence-corrected chi connectivity index (χ3v) is 3.24. The summed E-state index contributed by atoms with van der Waals surface area (Å²) in [6.07, 6.45) is 3.15. The van der Waals surface area contributed by atoms with Gasteiger partial charge in [0.05, 0.1) is 0 Å². The molecule has 2 rings (SSSR count). The Kier molecular flexibility index (Phi) is 4.00. The maximum Gasteiger partial charge on any atom is 0.128 e. The van der Waals surface area contributed by atoms with Gasteiger partial charge < -0.3 is 10.2 Å². The fourth-order valence-electron chi connectivity index (χ4n) is 2.45. The van der Waals surface area contributed by atoms with E-state index in [0.29, 0.717) is 6.04 Å². The Morgan fingerprint density at radius 3 is 3.06 bits per heavy atom. The van der Waals surface area contributed by atoms with E-state index in [1.165, 1.54) is 12.0 Å². The summed E-state index contributed by atoms with van der Waals surface area (Å²) in [5.74, 6) is 1.87. The Labute approximate surface area is 104 Å². The number of aryl methyl sites for hydroxylation is 1. The van der Waals surface area contributed by atoms with Crippen LogP contribution in [0.25, 0.3) is 0 Å². The fourth-order valence-corrected chi connectivity index (χ4v) is 2.45. The predicted octanol–water partition coefficient (Wildman–Crippen LogP) is 2.21. The highest BCUT2D eigenvalue weighted by atomic mass is 15.2. The number of nitrogens with one attached hydrogen (secondary N) is 1. The van der Waals surface area contributed by atoms with Gasteiger partial charge in [-0.2, -0.15) is 0 Å². The quantitative estimate of drug-likeness (QED) is 0.867. The van der Waals surface area contributed by atoms with Crippen molar-refractivity contribution in [2.75, 3.05) is 24.5 Å². The summed E-state index contributed by atoms with van der Waals surface area (Å²) >= 11 is 0. The van der Waals surface area contributed by atoms with Gasteiger partial charge in [0.15, 0.2) is 0 Å². The number of pyridine rings is 1. The molecule has 1 atom stereocenters. The SMILES string of the molecule is Cc1ccnc(N2CCNC(CC(C)C)C2)c1. The molecule has 3 heteroatoms. The molecule has 1 unspecified atom stereocenters. The number of hydrogen-bond acceptors (Lipinski definition) is 3. The van der Waals surface area contributed by atoms with Gasteiger partial charge in [-0.15, -0.1) is 0 Å². The van der Waals surface area contributed by atoms with Crippen LogP contribution in [0.4, 0.5) is 5.82 Å². The Morgan fingerprint density at radius 2 is 2.35 bits per heavy atom. The lowest BCUT2D eigenvalue weighted by Crippen LogP contribution is -2.51. The maximum absolute atomic E-state index is 4.47. The van der Waals surface area contributed by atoms with Gasteiger partial charge in [-0.1, -0.05) is 13.8 Å². The van der Waals surface area contributed by atoms with Crippen LogP contribution in [0.15, 0.2) is 18.3 Å². The molecule has 1 aromatic rings. The zero-order valence-electron chi connectivity index (χ0n) is 11.1. The first-order valence-electron chi connectivity index (χ1n) is 6.56. The van der Waals surface area contributed by atoms with Crippen LogP contribution in [-0.2, 0) is 0 Å². The van der Waals surface area contributed by atoms with Crippen LogP contribution in [-0.4, -0.2) is 30.7 Å². The lowest BCUT2D eigenvalue weighted by molar-refractivity contribution is 0.387. The van der Waals surface area contributed by atoms with Crippen molar-refractivity contribution in [2.24, 2.45) is 5.92 Å². The van der Waals surface area contributed by atoms with Gasteiger partial charge in [-0.05, 0) is 37.0 Å². The molecule has 0 aromatic carbocycles. The first-order chi connectivity index (χ1) is 8.15. The average molecular weight is 233 g/mol. The lowest BCUT2D eigenvalue weighted by atomic mass is 10.0. The third-order valence-electron chi connectivity index (χ3n) is 3.24. The van der Waals surface area contributed by atoms with Crippen molar-refractivity contribution in [1.82, 2.24) is 10.3 Å². The minimum atomic E-state index is 0.603. The first-order valence-corrected chi connectivity index (χ1v) is 6.56. The van der Waals surface area contributed by atoms with Crippen LogP contribution < -0.4 is 10.2 Å². The van der Waals surface area contributed by atoms with Gasteiger partial charge in [0, 0.05) is 31.9 Å². The molecule has 0 spiro atoms. The molecule has 1 aliphatic heterocycles. The van der Waals surface area contributed by atoms with Crippen molar-refractivity contribution >= 4 is 5.82 Å². The topological polar surface area (TPSA) is 28.2 Å². The van der Waals surface area contributed by atoms with Crippen molar-refractivity contribution in [1.29, 1.82) is 0 Å². The number of hydrogen-bond donors (Lipinski definition) is 1. The molecule has 1 fully saturated rings. The molecular formula is C14H23N3. The fraction of sp³-hybridized carbons (Fsp3) is 0.643. The van der Waals surface area contributed by atoms with Crippen molar-refractivity contribution in [2.45, 2.75) is 33.2 Å². The number of nitrogens with zero attached hydrogens (tertiary/aromatic N) is 2. The second-order valence-corrected chi connectivity index (χ2v) is 5.42. The van der Waals surface area contributed by atoms with Gasteiger partial charge >= 0.3 is 0 Å². The first kappa shape index (κ1) is 12.4. The Hall–Kier alpha value is -1.09. The van der Waals surface area contributed by atoms with E-state index in [0.717, 1.165) is 31.4 Å². The monoisotopic (exact) mass is 233 g/mol. The molecule has 0 radical (unpaired) electrons. The van der Waals surface area contributed by atoms with E-state index >= 15 is 0 Å². The second kappa shape index (κ2) is 5.50. The molecule has 0 amide bonds. The van der Waals surface area contributed by atoms with E-state index in [1.54, 1.807) is 0 Å². The maximum atomic E-state index is 4.47. The van der Waals surface area contributed by atoms with Crippen molar-refractivity contribution in [3.05, 3.63) is 23.9 Å². The summed E-state index contributed by atoms with van der Waals surface area (Å²) in [6, 6.07) is 4.83. The zero-order chi connectivity index (χ0) is 12.3. The number of anilines is 1. The van der Waals surface area contributed by atoms with E-state index in [4.69, 9.17) is 0 Å². The molecule has 2 heterocycles.